The van der Waals surface area contributed by atoms with Crippen molar-refractivity contribution in [1.29, 1.82) is 0 Å². The van der Waals surface area contributed by atoms with Gasteiger partial charge in [0, 0.05) is 0 Å². The third-order valence-corrected chi connectivity index (χ3v) is 3.89. The highest BCUT2D eigenvalue weighted by molar-refractivity contribution is 4.91. The summed E-state index contributed by atoms with van der Waals surface area (Å²) in [6, 6.07) is 0. The molecule has 0 aliphatic rings. The van der Waals surface area contributed by atoms with Crippen molar-refractivity contribution in [2.75, 3.05) is 6.61 Å². The lowest BCUT2D eigenvalue weighted by atomic mass is 10.1. The van der Waals surface area contributed by atoms with Gasteiger partial charge in [0.15, 0.2) is 0 Å². The summed E-state index contributed by atoms with van der Waals surface area (Å²) in [7, 11) is 0. The van der Waals surface area contributed by atoms with Crippen LogP contribution in [0.25, 0.3) is 0 Å². The van der Waals surface area contributed by atoms with E-state index in [0.29, 0.717) is 0 Å². The lowest BCUT2D eigenvalue weighted by molar-refractivity contribution is 0.00937. The van der Waals surface area contributed by atoms with E-state index in [-0.39, 0.29) is 0 Å². The predicted octanol–water partition coefficient (Wildman–Crippen LogP) is 3.96. The number of rotatable bonds is 15. The van der Waals surface area contributed by atoms with E-state index in [2.05, 4.69) is 6.92 Å². The minimum atomic E-state index is -1.06. The number of hydrogen-bond donors (Lipinski definition) is 3. The minimum absolute atomic E-state index is 0.399. The largest absolute Gasteiger partial charge is 0.394 e. The Morgan fingerprint density at radius 1 is 0.762 bits per heavy atom. The SMILES string of the molecule is CCCCCCCCCCCCC/C=C/[C@@H](O)[C@H](O)CO. The van der Waals surface area contributed by atoms with Crippen LogP contribution in [0.5, 0.6) is 0 Å². The van der Waals surface area contributed by atoms with Gasteiger partial charge in [0.25, 0.3) is 0 Å². The van der Waals surface area contributed by atoms with E-state index in [0.717, 1.165) is 12.8 Å². The van der Waals surface area contributed by atoms with Crippen LogP contribution in [-0.4, -0.2) is 34.1 Å². The monoisotopic (exact) mass is 300 g/mol. The van der Waals surface area contributed by atoms with Crippen LogP contribution in [0.3, 0.4) is 0 Å². The summed E-state index contributed by atoms with van der Waals surface area (Å²) in [6.07, 6.45) is 17.1. The molecule has 0 spiro atoms. The average Bonchev–Trinajstić information content (AvgIpc) is 2.50. The molecule has 3 N–H and O–H groups in total. The summed E-state index contributed by atoms with van der Waals surface area (Å²) in [4.78, 5) is 0. The van der Waals surface area contributed by atoms with Crippen molar-refractivity contribution in [3.05, 3.63) is 12.2 Å². The molecule has 21 heavy (non-hydrogen) atoms. The Hall–Kier alpha value is -0.380. The topological polar surface area (TPSA) is 60.7 Å². The quantitative estimate of drug-likeness (QED) is 0.317. The first-order valence-corrected chi connectivity index (χ1v) is 8.86. The van der Waals surface area contributed by atoms with Gasteiger partial charge in [-0.15, -0.1) is 0 Å². The van der Waals surface area contributed by atoms with Crippen molar-refractivity contribution in [2.24, 2.45) is 0 Å². The molecule has 0 unspecified atom stereocenters. The van der Waals surface area contributed by atoms with E-state index in [9.17, 15) is 5.11 Å². The third-order valence-electron chi connectivity index (χ3n) is 3.89. The van der Waals surface area contributed by atoms with Gasteiger partial charge in [0.05, 0.1) is 6.61 Å². The van der Waals surface area contributed by atoms with Crippen molar-refractivity contribution in [2.45, 2.75) is 96.2 Å². The van der Waals surface area contributed by atoms with Crippen LogP contribution in [0.4, 0.5) is 0 Å². The summed E-state index contributed by atoms with van der Waals surface area (Å²) in [6.45, 7) is 1.86. The zero-order valence-electron chi connectivity index (χ0n) is 13.8. The van der Waals surface area contributed by atoms with E-state index in [1.54, 1.807) is 6.08 Å². The molecule has 0 fully saturated rings. The second kappa shape index (κ2) is 16.0. The zero-order chi connectivity index (χ0) is 15.8. The molecule has 3 nitrogen and oxygen atoms in total. The van der Waals surface area contributed by atoms with Gasteiger partial charge >= 0.3 is 0 Å². The summed E-state index contributed by atoms with van der Waals surface area (Å²) in [5.41, 5.74) is 0. The second-order valence-electron chi connectivity index (χ2n) is 5.99. The van der Waals surface area contributed by atoms with Crippen LogP contribution in [0.2, 0.25) is 0 Å². The number of hydrogen-bond acceptors (Lipinski definition) is 3. The molecule has 126 valence electrons. The molecule has 0 saturated carbocycles. The maximum atomic E-state index is 9.40. The summed E-state index contributed by atoms with van der Waals surface area (Å²) < 4.78 is 0. The number of aliphatic hydroxyl groups excluding tert-OH is 3. The van der Waals surface area contributed by atoms with Gasteiger partial charge in [-0.05, 0) is 12.8 Å². The molecule has 0 heterocycles. The molecular formula is C18H36O3. The summed E-state index contributed by atoms with van der Waals surface area (Å²) in [5.74, 6) is 0. The summed E-state index contributed by atoms with van der Waals surface area (Å²) in [5, 5.41) is 27.2. The molecule has 0 bridgehead atoms. The molecule has 0 saturated heterocycles. The molecular weight excluding hydrogens is 264 g/mol. The van der Waals surface area contributed by atoms with E-state index in [1.165, 1.54) is 64.2 Å². The van der Waals surface area contributed by atoms with Gasteiger partial charge in [0.2, 0.25) is 0 Å². The van der Waals surface area contributed by atoms with Crippen molar-refractivity contribution in [3.8, 4) is 0 Å². The van der Waals surface area contributed by atoms with Crippen molar-refractivity contribution >= 4 is 0 Å². The van der Waals surface area contributed by atoms with E-state index in [4.69, 9.17) is 10.2 Å². The molecule has 0 amide bonds. The Labute approximate surface area is 131 Å². The van der Waals surface area contributed by atoms with Crippen LogP contribution >= 0.6 is 0 Å². The molecule has 3 heteroatoms. The molecule has 0 rings (SSSR count). The first-order valence-electron chi connectivity index (χ1n) is 8.86. The molecule has 0 aromatic carbocycles. The fourth-order valence-electron chi connectivity index (χ4n) is 2.40. The van der Waals surface area contributed by atoms with Gasteiger partial charge in [-0.2, -0.15) is 0 Å². The zero-order valence-corrected chi connectivity index (χ0v) is 13.8. The molecule has 0 aliphatic heterocycles. The predicted molar refractivity (Wildman–Crippen MR) is 89.3 cm³/mol. The lowest BCUT2D eigenvalue weighted by Gasteiger charge is -2.10. The molecule has 0 aromatic rings. The maximum absolute atomic E-state index is 9.40. The molecule has 2 atom stereocenters. The van der Waals surface area contributed by atoms with Crippen molar-refractivity contribution in [3.63, 3.8) is 0 Å². The van der Waals surface area contributed by atoms with Gasteiger partial charge in [-0.1, -0.05) is 83.3 Å². The van der Waals surface area contributed by atoms with E-state index < -0.39 is 18.8 Å². The average molecular weight is 300 g/mol. The van der Waals surface area contributed by atoms with Crippen LogP contribution in [0.1, 0.15) is 84.0 Å². The van der Waals surface area contributed by atoms with Gasteiger partial charge < -0.3 is 15.3 Å². The fourth-order valence-corrected chi connectivity index (χ4v) is 2.40. The highest BCUT2D eigenvalue weighted by atomic mass is 16.4. The molecule has 0 radical (unpaired) electrons. The Kier molecular flexibility index (Phi) is 15.7. The van der Waals surface area contributed by atoms with E-state index in [1.807, 2.05) is 6.08 Å². The van der Waals surface area contributed by atoms with Crippen molar-refractivity contribution < 1.29 is 15.3 Å². The summed E-state index contributed by atoms with van der Waals surface area (Å²) >= 11 is 0. The van der Waals surface area contributed by atoms with Gasteiger partial charge in [-0.3, -0.25) is 0 Å². The van der Waals surface area contributed by atoms with Crippen LogP contribution in [0, 0.1) is 0 Å². The Balaban J connectivity index is 3.20. The minimum Gasteiger partial charge on any atom is -0.394 e. The Bertz CT molecular complexity index is 229. The Morgan fingerprint density at radius 2 is 1.24 bits per heavy atom. The highest BCUT2D eigenvalue weighted by Gasteiger charge is 2.10. The number of aliphatic hydroxyl groups is 3. The van der Waals surface area contributed by atoms with Gasteiger partial charge in [-0.25, -0.2) is 0 Å². The second-order valence-corrected chi connectivity index (χ2v) is 5.99. The van der Waals surface area contributed by atoms with Crippen molar-refractivity contribution in [1.82, 2.24) is 0 Å². The van der Waals surface area contributed by atoms with Crippen LogP contribution < -0.4 is 0 Å². The molecule has 0 aromatic heterocycles. The molecule has 0 aliphatic carbocycles. The van der Waals surface area contributed by atoms with Gasteiger partial charge in [0.1, 0.15) is 12.2 Å². The standard InChI is InChI=1S/C18H36O3/c1-2-3-4-5-6-7-8-9-10-11-12-13-14-15-17(20)18(21)16-19/h14-15,17-21H,2-13,16H2,1H3/b15-14+/t17-,18-/m1/s1. The Morgan fingerprint density at radius 3 is 1.71 bits per heavy atom. The van der Waals surface area contributed by atoms with Crippen LogP contribution in [-0.2, 0) is 0 Å². The van der Waals surface area contributed by atoms with E-state index >= 15 is 0 Å². The third kappa shape index (κ3) is 14.3. The van der Waals surface area contributed by atoms with Crippen LogP contribution in [0.15, 0.2) is 12.2 Å². The smallest absolute Gasteiger partial charge is 0.106 e. The lowest BCUT2D eigenvalue weighted by Crippen LogP contribution is -2.27. The number of unbranched alkanes of at least 4 members (excludes halogenated alkanes) is 11. The highest BCUT2D eigenvalue weighted by Crippen LogP contribution is 2.12. The first kappa shape index (κ1) is 20.6. The normalized spacial score (nSPS) is 14.7. The first-order chi connectivity index (χ1) is 10.2. The fraction of sp³-hybridized carbons (Fsp3) is 0.889. The maximum Gasteiger partial charge on any atom is 0.106 e. The number of allylic oxidation sites excluding steroid dienone is 1.